The molecule has 0 saturated heterocycles. The molecule has 1 unspecified atom stereocenters. The van der Waals surface area contributed by atoms with Gasteiger partial charge in [-0.25, -0.2) is 0 Å². The molecule has 17 heavy (non-hydrogen) atoms. The number of rotatable bonds is 4. The molecular formula is C13H15NO3. The highest BCUT2D eigenvalue weighted by molar-refractivity contribution is 5.78. The minimum absolute atomic E-state index is 0.670. The molecule has 0 aliphatic rings. The highest BCUT2D eigenvalue weighted by atomic mass is 16.7. The molecule has 4 nitrogen and oxygen atoms in total. The SMILES string of the molecule is COC(OC)C(O)c1ccc2cccnc2c1. The Hall–Kier alpha value is -1.49. The monoisotopic (exact) mass is 233 g/mol. The number of ether oxygens (including phenoxy) is 2. The topological polar surface area (TPSA) is 51.6 Å². The lowest BCUT2D eigenvalue weighted by atomic mass is 10.1. The number of hydrogen-bond acceptors (Lipinski definition) is 4. The minimum atomic E-state index is -0.823. The largest absolute Gasteiger partial charge is 0.383 e. The van der Waals surface area contributed by atoms with E-state index in [4.69, 9.17) is 9.47 Å². The van der Waals surface area contributed by atoms with E-state index >= 15 is 0 Å². The van der Waals surface area contributed by atoms with Crippen molar-refractivity contribution in [2.24, 2.45) is 0 Å². The molecule has 2 rings (SSSR count). The van der Waals surface area contributed by atoms with Gasteiger partial charge in [-0.3, -0.25) is 4.98 Å². The predicted molar refractivity (Wildman–Crippen MR) is 64.5 cm³/mol. The number of pyridine rings is 1. The van der Waals surface area contributed by atoms with Crippen molar-refractivity contribution in [3.05, 3.63) is 42.1 Å². The van der Waals surface area contributed by atoms with Crippen LogP contribution in [0.3, 0.4) is 0 Å². The van der Waals surface area contributed by atoms with E-state index in [9.17, 15) is 5.11 Å². The zero-order valence-corrected chi connectivity index (χ0v) is 9.83. The fraction of sp³-hybridized carbons (Fsp3) is 0.308. The van der Waals surface area contributed by atoms with E-state index in [2.05, 4.69) is 4.98 Å². The van der Waals surface area contributed by atoms with Crippen molar-refractivity contribution < 1.29 is 14.6 Å². The van der Waals surface area contributed by atoms with Gasteiger partial charge in [0, 0.05) is 25.8 Å². The normalized spacial score (nSPS) is 13.2. The third-order valence-corrected chi connectivity index (χ3v) is 2.69. The van der Waals surface area contributed by atoms with Gasteiger partial charge >= 0.3 is 0 Å². The summed E-state index contributed by atoms with van der Waals surface area (Å²) < 4.78 is 10.1. The Labute approximate surface area is 99.8 Å². The molecule has 0 amide bonds. The van der Waals surface area contributed by atoms with Gasteiger partial charge in [0.05, 0.1) is 5.52 Å². The fourth-order valence-electron chi connectivity index (χ4n) is 1.78. The molecule has 0 bridgehead atoms. The first kappa shape index (κ1) is 12.0. The first-order valence-electron chi connectivity index (χ1n) is 5.34. The lowest BCUT2D eigenvalue weighted by Gasteiger charge is -2.20. The standard InChI is InChI=1S/C13H15NO3/c1-16-13(17-2)12(15)10-6-5-9-4-3-7-14-11(9)8-10/h3-8,12-13,15H,1-2H3. The molecule has 1 atom stereocenters. The zero-order chi connectivity index (χ0) is 12.3. The van der Waals surface area contributed by atoms with Crippen molar-refractivity contribution in [1.82, 2.24) is 4.98 Å². The van der Waals surface area contributed by atoms with E-state index in [1.54, 1.807) is 6.20 Å². The number of aliphatic hydroxyl groups excluding tert-OH is 1. The second-order valence-corrected chi connectivity index (χ2v) is 3.74. The molecule has 0 aliphatic heterocycles. The third-order valence-electron chi connectivity index (χ3n) is 2.69. The summed E-state index contributed by atoms with van der Waals surface area (Å²) in [6.07, 6.45) is 0.232. The van der Waals surface area contributed by atoms with Crippen molar-refractivity contribution >= 4 is 10.9 Å². The van der Waals surface area contributed by atoms with Crippen LogP contribution >= 0.6 is 0 Å². The molecule has 1 aromatic carbocycles. The first-order chi connectivity index (χ1) is 8.26. The number of benzene rings is 1. The van der Waals surface area contributed by atoms with Gasteiger partial charge in [0.1, 0.15) is 6.10 Å². The number of hydrogen-bond donors (Lipinski definition) is 1. The summed E-state index contributed by atoms with van der Waals surface area (Å²) in [4.78, 5) is 4.24. The van der Waals surface area contributed by atoms with E-state index in [0.29, 0.717) is 0 Å². The summed E-state index contributed by atoms with van der Waals surface area (Å²) in [5.41, 5.74) is 1.57. The Bertz CT molecular complexity index is 497. The maximum absolute atomic E-state index is 10.1. The van der Waals surface area contributed by atoms with Crippen molar-refractivity contribution in [3.8, 4) is 0 Å². The molecule has 1 aromatic heterocycles. The zero-order valence-electron chi connectivity index (χ0n) is 9.83. The van der Waals surface area contributed by atoms with Gasteiger partial charge in [0.2, 0.25) is 0 Å². The number of aromatic nitrogens is 1. The molecule has 4 heteroatoms. The Kier molecular flexibility index (Phi) is 3.68. The van der Waals surface area contributed by atoms with E-state index in [-0.39, 0.29) is 0 Å². The van der Waals surface area contributed by atoms with Crippen LogP contribution in [0.5, 0.6) is 0 Å². The second-order valence-electron chi connectivity index (χ2n) is 3.74. The third kappa shape index (κ3) is 2.44. The molecule has 0 spiro atoms. The van der Waals surface area contributed by atoms with Gasteiger partial charge in [-0.2, -0.15) is 0 Å². The molecule has 0 saturated carbocycles. The lowest BCUT2D eigenvalue weighted by Crippen LogP contribution is -2.22. The molecule has 0 aliphatic carbocycles. The van der Waals surface area contributed by atoms with Crippen LogP contribution in [0.1, 0.15) is 11.7 Å². The number of fused-ring (bicyclic) bond motifs is 1. The highest BCUT2D eigenvalue weighted by Crippen LogP contribution is 2.22. The van der Waals surface area contributed by atoms with Gasteiger partial charge in [-0.15, -0.1) is 0 Å². The van der Waals surface area contributed by atoms with E-state index in [1.165, 1.54) is 14.2 Å². The average molecular weight is 233 g/mol. The van der Waals surface area contributed by atoms with Crippen LogP contribution in [0.2, 0.25) is 0 Å². The van der Waals surface area contributed by atoms with E-state index in [0.717, 1.165) is 16.5 Å². The van der Waals surface area contributed by atoms with Gasteiger partial charge < -0.3 is 14.6 Å². The fourth-order valence-corrected chi connectivity index (χ4v) is 1.78. The number of nitrogens with zero attached hydrogens (tertiary/aromatic N) is 1. The molecule has 0 radical (unpaired) electrons. The Morgan fingerprint density at radius 2 is 1.94 bits per heavy atom. The summed E-state index contributed by atoms with van der Waals surface area (Å²) in [6.45, 7) is 0. The average Bonchev–Trinajstić information content (AvgIpc) is 2.39. The van der Waals surface area contributed by atoms with Crippen LogP contribution in [0.4, 0.5) is 0 Å². The first-order valence-corrected chi connectivity index (χ1v) is 5.34. The maximum Gasteiger partial charge on any atom is 0.187 e. The number of aliphatic hydroxyl groups is 1. The van der Waals surface area contributed by atoms with Crippen molar-refractivity contribution in [3.63, 3.8) is 0 Å². The van der Waals surface area contributed by atoms with E-state index in [1.807, 2.05) is 30.3 Å². The van der Waals surface area contributed by atoms with Gasteiger partial charge in [0.25, 0.3) is 0 Å². The van der Waals surface area contributed by atoms with Crippen molar-refractivity contribution in [2.45, 2.75) is 12.4 Å². The smallest absolute Gasteiger partial charge is 0.187 e. The number of methoxy groups -OCH3 is 2. The Balaban J connectivity index is 2.35. The van der Waals surface area contributed by atoms with Gasteiger partial charge in [0.15, 0.2) is 6.29 Å². The summed E-state index contributed by atoms with van der Waals surface area (Å²) in [7, 11) is 2.99. The summed E-state index contributed by atoms with van der Waals surface area (Å²) in [6, 6.07) is 9.46. The van der Waals surface area contributed by atoms with Crippen LogP contribution in [-0.2, 0) is 9.47 Å². The molecule has 0 fully saturated rings. The van der Waals surface area contributed by atoms with Crippen LogP contribution in [0.15, 0.2) is 36.5 Å². The quantitative estimate of drug-likeness (QED) is 0.819. The second kappa shape index (κ2) is 5.23. The van der Waals surface area contributed by atoms with E-state index < -0.39 is 12.4 Å². The highest BCUT2D eigenvalue weighted by Gasteiger charge is 2.20. The molecule has 90 valence electrons. The van der Waals surface area contributed by atoms with Crippen LogP contribution < -0.4 is 0 Å². The molecule has 2 aromatic rings. The summed E-state index contributed by atoms with van der Waals surface area (Å²) >= 11 is 0. The van der Waals surface area contributed by atoms with Gasteiger partial charge in [-0.1, -0.05) is 18.2 Å². The molecular weight excluding hydrogens is 218 g/mol. The van der Waals surface area contributed by atoms with Crippen LogP contribution in [0, 0.1) is 0 Å². The minimum Gasteiger partial charge on any atom is -0.383 e. The summed E-state index contributed by atoms with van der Waals surface area (Å²) in [5.74, 6) is 0. The Morgan fingerprint density at radius 1 is 1.18 bits per heavy atom. The predicted octanol–water partition coefficient (Wildman–Crippen LogP) is 1.89. The van der Waals surface area contributed by atoms with Crippen molar-refractivity contribution in [1.29, 1.82) is 0 Å². The van der Waals surface area contributed by atoms with Crippen LogP contribution in [0.25, 0.3) is 10.9 Å². The molecule has 1 heterocycles. The summed E-state index contributed by atoms with van der Waals surface area (Å²) in [5, 5.41) is 11.1. The van der Waals surface area contributed by atoms with Crippen LogP contribution in [-0.4, -0.2) is 30.6 Å². The lowest BCUT2D eigenvalue weighted by molar-refractivity contribution is -0.166. The maximum atomic E-state index is 10.1. The van der Waals surface area contributed by atoms with Crippen molar-refractivity contribution in [2.75, 3.05) is 14.2 Å². The Morgan fingerprint density at radius 3 is 2.65 bits per heavy atom. The molecule has 1 N–H and O–H groups in total. The van der Waals surface area contributed by atoms with Gasteiger partial charge in [-0.05, 0) is 17.7 Å².